The van der Waals surface area contributed by atoms with E-state index in [1.54, 1.807) is 14.2 Å². The van der Waals surface area contributed by atoms with Gasteiger partial charge in [-0.2, -0.15) is 0 Å². The number of methoxy groups -OCH3 is 2. The Hall–Kier alpha value is -2.71. The van der Waals surface area contributed by atoms with Gasteiger partial charge in [0.2, 0.25) is 0 Å². The molecule has 3 aromatic rings. The Balaban J connectivity index is 1.66. The van der Waals surface area contributed by atoms with Crippen LogP contribution in [0.4, 0.5) is 5.69 Å². The van der Waals surface area contributed by atoms with E-state index in [1.165, 1.54) is 0 Å². The second kappa shape index (κ2) is 7.50. The third-order valence-corrected chi connectivity index (χ3v) is 4.85. The summed E-state index contributed by atoms with van der Waals surface area (Å²) in [6.07, 6.45) is 0. The molecule has 1 fully saturated rings. The van der Waals surface area contributed by atoms with Crippen LogP contribution in [0.25, 0.3) is 22.1 Å². The molecule has 2 heterocycles. The molecule has 0 aliphatic carbocycles. The van der Waals surface area contributed by atoms with Crippen molar-refractivity contribution in [2.45, 2.75) is 0 Å². The fourth-order valence-corrected chi connectivity index (χ4v) is 3.35. The van der Waals surface area contributed by atoms with Crippen LogP contribution in [-0.4, -0.2) is 60.5 Å². The molecule has 8 heteroatoms. The van der Waals surface area contributed by atoms with E-state index >= 15 is 0 Å². The zero-order valence-corrected chi connectivity index (χ0v) is 16.0. The number of nitrogens with one attached hydrogen (secondary N) is 1. The maximum atomic E-state index is 5.51. The van der Waals surface area contributed by atoms with E-state index in [-0.39, 0.29) is 0 Å². The molecule has 0 radical (unpaired) electrons. The number of hydrogen-bond acceptors (Lipinski definition) is 6. The molecule has 2 aromatic carbocycles. The Morgan fingerprint density at radius 2 is 1.56 bits per heavy atom. The van der Waals surface area contributed by atoms with Crippen molar-refractivity contribution in [2.24, 2.45) is 0 Å². The summed E-state index contributed by atoms with van der Waals surface area (Å²) in [5.74, 6) is 1.26. The number of benzene rings is 2. The zero-order chi connectivity index (χ0) is 18.8. The molecular weight excluding hydrogens is 364 g/mol. The standard InChI is InChI=1S/C19H20N4O3S/c1-24-17-10-15-16(11-18(17)25-2)22-14-9-12(3-4-13(14)21-15)20-19(27)23-5-7-26-8-6-23/h3-4,9-11H,5-8H2,1-2H3,(H,20,27). The second-order valence-corrected chi connectivity index (χ2v) is 6.54. The molecule has 0 atom stereocenters. The quantitative estimate of drug-likeness (QED) is 0.546. The lowest BCUT2D eigenvalue weighted by Gasteiger charge is -2.29. The smallest absolute Gasteiger partial charge is 0.173 e. The van der Waals surface area contributed by atoms with E-state index in [1.807, 2.05) is 30.3 Å². The van der Waals surface area contributed by atoms with Gasteiger partial charge in [0.15, 0.2) is 16.6 Å². The third-order valence-electron chi connectivity index (χ3n) is 4.49. The highest BCUT2D eigenvalue weighted by Crippen LogP contribution is 2.31. The van der Waals surface area contributed by atoms with Gasteiger partial charge >= 0.3 is 0 Å². The summed E-state index contributed by atoms with van der Waals surface area (Å²) in [5, 5.41) is 3.97. The van der Waals surface area contributed by atoms with Crippen molar-refractivity contribution in [3.05, 3.63) is 30.3 Å². The molecule has 0 saturated carbocycles. The summed E-state index contributed by atoms with van der Waals surface area (Å²) < 4.78 is 16.1. The monoisotopic (exact) mass is 384 g/mol. The van der Waals surface area contributed by atoms with Gasteiger partial charge in [-0.25, -0.2) is 9.97 Å². The van der Waals surface area contributed by atoms with Crippen molar-refractivity contribution >= 4 is 45.1 Å². The molecule has 0 unspecified atom stereocenters. The molecule has 140 valence electrons. The topological polar surface area (TPSA) is 68.7 Å². The lowest BCUT2D eigenvalue weighted by molar-refractivity contribution is 0.0690. The van der Waals surface area contributed by atoms with Gasteiger partial charge in [0, 0.05) is 30.9 Å². The van der Waals surface area contributed by atoms with Gasteiger partial charge in [0.1, 0.15) is 0 Å². The summed E-state index contributed by atoms with van der Waals surface area (Å²) in [6, 6.07) is 9.50. The van der Waals surface area contributed by atoms with Gasteiger partial charge in [0.25, 0.3) is 0 Å². The number of nitrogens with zero attached hydrogens (tertiary/aromatic N) is 3. The first kappa shape index (κ1) is 17.7. The van der Waals surface area contributed by atoms with E-state index in [4.69, 9.17) is 31.4 Å². The SMILES string of the molecule is COc1cc2nc3ccc(NC(=S)N4CCOCC4)cc3nc2cc1OC. The van der Waals surface area contributed by atoms with E-state index in [9.17, 15) is 0 Å². The average Bonchev–Trinajstić information content (AvgIpc) is 2.71. The number of rotatable bonds is 3. The molecule has 7 nitrogen and oxygen atoms in total. The molecule has 1 aliphatic rings. The van der Waals surface area contributed by atoms with Gasteiger partial charge in [0.05, 0.1) is 49.5 Å². The Kier molecular flexibility index (Phi) is 4.91. The normalized spacial score (nSPS) is 14.4. The van der Waals surface area contributed by atoms with Crippen molar-refractivity contribution in [3.8, 4) is 11.5 Å². The number of fused-ring (bicyclic) bond motifs is 2. The lowest BCUT2D eigenvalue weighted by atomic mass is 10.2. The van der Waals surface area contributed by atoms with E-state index in [0.29, 0.717) is 29.8 Å². The molecule has 4 rings (SSSR count). The molecule has 0 bridgehead atoms. The number of ether oxygens (including phenoxy) is 3. The molecule has 1 N–H and O–H groups in total. The predicted molar refractivity (Wildman–Crippen MR) is 109 cm³/mol. The van der Waals surface area contributed by atoms with Crippen molar-refractivity contribution < 1.29 is 14.2 Å². The van der Waals surface area contributed by atoms with Gasteiger partial charge in [-0.1, -0.05) is 0 Å². The van der Waals surface area contributed by atoms with Gasteiger partial charge < -0.3 is 24.4 Å². The number of hydrogen-bond donors (Lipinski definition) is 1. The minimum absolute atomic E-state index is 0.626. The number of aromatic nitrogens is 2. The highest BCUT2D eigenvalue weighted by atomic mass is 32.1. The Morgan fingerprint density at radius 1 is 0.963 bits per heavy atom. The van der Waals surface area contributed by atoms with Crippen LogP contribution in [0.15, 0.2) is 30.3 Å². The number of anilines is 1. The van der Waals surface area contributed by atoms with Crippen LogP contribution in [0.2, 0.25) is 0 Å². The third kappa shape index (κ3) is 3.58. The minimum Gasteiger partial charge on any atom is -0.493 e. The maximum absolute atomic E-state index is 5.51. The molecule has 1 saturated heterocycles. The van der Waals surface area contributed by atoms with Crippen molar-refractivity contribution in [1.29, 1.82) is 0 Å². The Labute approximate surface area is 162 Å². The molecule has 0 amide bonds. The van der Waals surface area contributed by atoms with Gasteiger partial charge in [-0.15, -0.1) is 0 Å². The fourth-order valence-electron chi connectivity index (χ4n) is 3.05. The fraction of sp³-hybridized carbons (Fsp3) is 0.316. The van der Waals surface area contributed by atoms with Crippen LogP contribution in [0, 0.1) is 0 Å². The lowest BCUT2D eigenvalue weighted by Crippen LogP contribution is -2.42. The Morgan fingerprint density at radius 3 is 2.19 bits per heavy atom. The first-order chi connectivity index (χ1) is 13.2. The highest BCUT2D eigenvalue weighted by molar-refractivity contribution is 7.80. The minimum atomic E-state index is 0.626. The molecule has 1 aromatic heterocycles. The second-order valence-electron chi connectivity index (χ2n) is 6.15. The predicted octanol–water partition coefficient (Wildman–Crippen LogP) is 2.83. The maximum Gasteiger partial charge on any atom is 0.173 e. The van der Waals surface area contributed by atoms with Crippen molar-refractivity contribution in [2.75, 3.05) is 45.8 Å². The van der Waals surface area contributed by atoms with Crippen molar-refractivity contribution in [1.82, 2.24) is 14.9 Å². The number of morpholine rings is 1. The largest absolute Gasteiger partial charge is 0.493 e. The Bertz CT molecular complexity index is 1010. The summed E-state index contributed by atoms with van der Waals surface area (Å²) in [6.45, 7) is 2.99. The summed E-state index contributed by atoms with van der Waals surface area (Å²) in [5.41, 5.74) is 3.97. The van der Waals surface area contributed by atoms with Crippen LogP contribution < -0.4 is 14.8 Å². The first-order valence-electron chi connectivity index (χ1n) is 8.65. The summed E-state index contributed by atoms with van der Waals surface area (Å²) in [4.78, 5) is 11.5. The number of thiocarbonyl (C=S) groups is 1. The van der Waals surface area contributed by atoms with Gasteiger partial charge in [-0.3, -0.25) is 0 Å². The van der Waals surface area contributed by atoms with E-state index < -0.39 is 0 Å². The molecular formula is C19H20N4O3S. The molecule has 27 heavy (non-hydrogen) atoms. The van der Waals surface area contributed by atoms with Crippen LogP contribution >= 0.6 is 12.2 Å². The van der Waals surface area contributed by atoms with E-state index in [0.717, 1.165) is 40.8 Å². The van der Waals surface area contributed by atoms with Gasteiger partial charge in [-0.05, 0) is 30.4 Å². The van der Waals surface area contributed by atoms with Crippen LogP contribution in [0.5, 0.6) is 11.5 Å². The molecule has 0 spiro atoms. The highest BCUT2D eigenvalue weighted by Gasteiger charge is 2.14. The first-order valence-corrected chi connectivity index (χ1v) is 9.06. The zero-order valence-electron chi connectivity index (χ0n) is 15.2. The van der Waals surface area contributed by atoms with Crippen LogP contribution in [0.1, 0.15) is 0 Å². The van der Waals surface area contributed by atoms with Crippen LogP contribution in [-0.2, 0) is 4.74 Å². The average molecular weight is 384 g/mol. The van der Waals surface area contributed by atoms with Crippen molar-refractivity contribution in [3.63, 3.8) is 0 Å². The van der Waals surface area contributed by atoms with E-state index in [2.05, 4.69) is 15.2 Å². The molecule has 1 aliphatic heterocycles. The van der Waals surface area contributed by atoms with Crippen LogP contribution in [0.3, 0.4) is 0 Å². The summed E-state index contributed by atoms with van der Waals surface area (Å²) in [7, 11) is 3.21. The summed E-state index contributed by atoms with van der Waals surface area (Å²) >= 11 is 5.51.